The SMILES string of the molecule is CC[C@](O)(O[C@H]1NCCc2ccccc21)C(=O)O. The number of fused-ring (bicyclic) bond motifs is 1. The van der Waals surface area contributed by atoms with Crippen LogP contribution >= 0.6 is 0 Å². The summed E-state index contributed by atoms with van der Waals surface area (Å²) >= 11 is 0. The van der Waals surface area contributed by atoms with E-state index in [0.717, 1.165) is 17.5 Å². The number of hydrogen-bond donors (Lipinski definition) is 3. The number of benzene rings is 1. The van der Waals surface area contributed by atoms with Crippen molar-refractivity contribution in [3.05, 3.63) is 35.4 Å². The summed E-state index contributed by atoms with van der Waals surface area (Å²) in [4.78, 5) is 11.0. The molecule has 0 saturated carbocycles. The number of carboxylic acid groups (broad SMARTS) is 1. The van der Waals surface area contributed by atoms with E-state index in [1.54, 1.807) is 6.92 Å². The lowest BCUT2D eigenvalue weighted by molar-refractivity contribution is -0.247. The minimum Gasteiger partial charge on any atom is -0.477 e. The van der Waals surface area contributed by atoms with Crippen molar-refractivity contribution < 1.29 is 19.7 Å². The highest BCUT2D eigenvalue weighted by Gasteiger charge is 2.39. The van der Waals surface area contributed by atoms with Gasteiger partial charge in [-0.3, -0.25) is 5.32 Å². The van der Waals surface area contributed by atoms with E-state index in [9.17, 15) is 9.90 Å². The predicted octanol–water partition coefficient (Wildman–Crippen LogP) is 1.03. The van der Waals surface area contributed by atoms with E-state index in [-0.39, 0.29) is 6.42 Å². The van der Waals surface area contributed by atoms with Crippen LogP contribution in [0.1, 0.15) is 30.7 Å². The maximum Gasteiger partial charge on any atom is 0.364 e. The number of rotatable bonds is 4. The molecule has 1 aromatic rings. The van der Waals surface area contributed by atoms with Crippen LogP contribution in [0.15, 0.2) is 24.3 Å². The Hall–Kier alpha value is -1.43. The van der Waals surface area contributed by atoms with Gasteiger partial charge in [-0.25, -0.2) is 4.79 Å². The average Bonchev–Trinajstić information content (AvgIpc) is 2.39. The first kappa shape index (κ1) is 13.0. The molecule has 1 heterocycles. The molecule has 5 heteroatoms. The fourth-order valence-electron chi connectivity index (χ4n) is 2.05. The van der Waals surface area contributed by atoms with E-state index < -0.39 is 18.0 Å². The van der Waals surface area contributed by atoms with Crippen LogP contribution in [0.3, 0.4) is 0 Å². The van der Waals surface area contributed by atoms with Crippen LogP contribution in [0.25, 0.3) is 0 Å². The second-order valence-electron chi connectivity index (χ2n) is 4.34. The third-order valence-electron chi connectivity index (χ3n) is 3.19. The fraction of sp³-hybridized carbons (Fsp3) is 0.462. The minimum absolute atomic E-state index is 0.0112. The molecule has 1 aromatic carbocycles. The standard InChI is InChI=1S/C13H17NO4/c1-2-13(17,12(15)16)18-11-10-6-4-3-5-9(10)7-8-14-11/h3-6,11,14,17H,2,7-8H2,1H3,(H,15,16)/t11-,13+/m1/s1. The molecule has 0 spiro atoms. The van der Waals surface area contributed by atoms with Crippen molar-refractivity contribution in [3.8, 4) is 0 Å². The third-order valence-corrected chi connectivity index (χ3v) is 3.19. The van der Waals surface area contributed by atoms with E-state index in [1.165, 1.54) is 0 Å². The van der Waals surface area contributed by atoms with Gasteiger partial charge in [0.15, 0.2) is 0 Å². The second kappa shape index (κ2) is 5.06. The Labute approximate surface area is 105 Å². The van der Waals surface area contributed by atoms with Gasteiger partial charge in [-0.2, -0.15) is 0 Å². The van der Waals surface area contributed by atoms with Crippen LogP contribution in [0.2, 0.25) is 0 Å². The van der Waals surface area contributed by atoms with Crippen molar-refractivity contribution in [2.45, 2.75) is 31.8 Å². The van der Waals surface area contributed by atoms with Gasteiger partial charge < -0.3 is 14.9 Å². The number of ether oxygens (including phenoxy) is 1. The Morgan fingerprint density at radius 1 is 1.56 bits per heavy atom. The first-order valence-corrected chi connectivity index (χ1v) is 6.01. The van der Waals surface area contributed by atoms with Crippen molar-refractivity contribution in [1.29, 1.82) is 0 Å². The molecule has 0 unspecified atom stereocenters. The quantitative estimate of drug-likeness (QED) is 0.697. The van der Waals surface area contributed by atoms with Crippen molar-refractivity contribution in [3.63, 3.8) is 0 Å². The maximum absolute atomic E-state index is 11.0. The minimum atomic E-state index is -2.15. The number of aliphatic carboxylic acids is 1. The summed E-state index contributed by atoms with van der Waals surface area (Å²) in [5.74, 6) is -3.52. The Morgan fingerprint density at radius 3 is 2.94 bits per heavy atom. The summed E-state index contributed by atoms with van der Waals surface area (Å²) in [6.07, 6.45) is 0.270. The normalized spacial score (nSPS) is 22.0. The monoisotopic (exact) mass is 251 g/mol. The summed E-state index contributed by atoms with van der Waals surface area (Å²) in [5, 5.41) is 22.0. The molecule has 18 heavy (non-hydrogen) atoms. The summed E-state index contributed by atoms with van der Waals surface area (Å²) in [6.45, 7) is 2.27. The molecule has 98 valence electrons. The largest absolute Gasteiger partial charge is 0.477 e. The zero-order chi connectivity index (χ0) is 13.2. The Morgan fingerprint density at radius 2 is 2.28 bits per heavy atom. The number of carbonyl (C=O) groups is 1. The van der Waals surface area contributed by atoms with Gasteiger partial charge in [0.1, 0.15) is 6.23 Å². The topological polar surface area (TPSA) is 78.8 Å². The maximum atomic E-state index is 11.0. The van der Waals surface area contributed by atoms with Crippen molar-refractivity contribution >= 4 is 5.97 Å². The van der Waals surface area contributed by atoms with Crippen molar-refractivity contribution in [2.24, 2.45) is 0 Å². The van der Waals surface area contributed by atoms with Gasteiger partial charge in [0.2, 0.25) is 0 Å². The second-order valence-corrected chi connectivity index (χ2v) is 4.34. The van der Waals surface area contributed by atoms with Gasteiger partial charge >= 0.3 is 5.97 Å². The Balaban J connectivity index is 2.23. The lowest BCUT2D eigenvalue weighted by Crippen LogP contribution is -2.46. The van der Waals surface area contributed by atoms with Gasteiger partial charge in [0.05, 0.1) is 0 Å². The molecule has 0 bridgehead atoms. The Kier molecular flexibility index (Phi) is 3.65. The first-order valence-electron chi connectivity index (χ1n) is 6.01. The molecule has 0 fully saturated rings. The van der Waals surface area contributed by atoms with Gasteiger partial charge in [-0.15, -0.1) is 0 Å². The van der Waals surface area contributed by atoms with E-state index in [4.69, 9.17) is 9.84 Å². The molecule has 1 aliphatic rings. The van der Waals surface area contributed by atoms with E-state index in [0.29, 0.717) is 6.54 Å². The van der Waals surface area contributed by atoms with Crippen molar-refractivity contribution in [1.82, 2.24) is 5.32 Å². The summed E-state index contributed by atoms with van der Waals surface area (Å²) in [6, 6.07) is 7.67. The molecule has 0 radical (unpaired) electrons. The molecule has 5 nitrogen and oxygen atoms in total. The first-order chi connectivity index (χ1) is 8.57. The fourth-order valence-corrected chi connectivity index (χ4v) is 2.05. The molecule has 1 aliphatic heterocycles. The number of aliphatic hydroxyl groups is 1. The number of carboxylic acids is 1. The zero-order valence-corrected chi connectivity index (χ0v) is 10.2. The zero-order valence-electron chi connectivity index (χ0n) is 10.2. The highest BCUT2D eigenvalue weighted by molar-refractivity contribution is 5.75. The van der Waals surface area contributed by atoms with Gasteiger partial charge in [0, 0.05) is 13.0 Å². The van der Waals surface area contributed by atoms with Crippen molar-refractivity contribution in [2.75, 3.05) is 6.54 Å². The van der Waals surface area contributed by atoms with E-state index in [2.05, 4.69) is 5.32 Å². The highest BCUT2D eigenvalue weighted by Crippen LogP contribution is 2.28. The average molecular weight is 251 g/mol. The van der Waals surface area contributed by atoms with Crippen LogP contribution in [0.4, 0.5) is 0 Å². The van der Waals surface area contributed by atoms with Crippen LogP contribution in [0.5, 0.6) is 0 Å². The molecule has 3 N–H and O–H groups in total. The van der Waals surface area contributed by atoms with E-state index >= 15 is 0 Å². The molecule has 0 amide bonds. The highest BCUT2D eigenvalue weighted by atomic mass is 16.7. The lowest BCUT2D eigenvalue weighted by atomic mass is 9.99. The predicted molar refractivity (Wildman–Crippen MR) is 64.9 cm³/mol. The molecule has 0 aliphatic carbocycles. The number of nitrogens with one attached hydrogen (secondary N) is 1. The summed E-state index contributed by atoms with van der Waals surface area (Å²) in [7, 11) is 0. The van der Waals surface area contributed by atoms with Gasteiger partial charge in [-0.1, -0.05) is 31.2 Å². The number of hydrogen-bond acceptors (Lipinski definition) is 4. The van der Waals surface area contributed by atoms with Gasteiger partial charge in [-0.05, 0) is 17.5 Å². The van der Waals surface area contributed by atoms with Crippen LogP contribution in [0, 0.1) is 0 Å². The Bertz CT molecular complexity index is 448. The van der Waals surface area contributed by atoms with E-state index in [1.807, 2.05) is 24.3 Å². The summed E-state index contributed by atoms with van der Waals surface area (Å²) < 4.78 is 5.36. The van der Waals surface area contributed by atoms with Gasteiger partial charge in [0.25, 0.3) is 5.79 Å². The molecule has 2 rings (SSSR count). The molecule has 0 saturated heterocycles. The molecule has 0 aromatic heterocycles. The smallest absolute Gasteiger partial charge is 0.364 e. The summed E-state index contributed by atoms with van der Waals surface area (Å²) in [5.41, 5.74) is 2.00. The van der Waals surface area contributed by atoms with Crippen LogP contribution in [-0.2, 0) is 16.0 Å². The third kappa shape index (κ3) is 2.38. The van der Waals surface area contributed by atoms with Crippen LogP contribution in [-0.4, -0.2) is 28.5 Å². The van der Waals surface area contributed by atoms with Crippen LogP contribution < -0.4 is 5.32 Å². The molecular weight excluding hydrogens is 234 g/mol. The molecule has 2 atom stereocenters. The molecular formula is C13H17NO4. The lowest BCUT2D eigenvalue weighted by Gasteiger charge is -2.32.